The summed E-state index contributed by atoms with van der Waals surface area (Å²) in [4.78, 5) is 23.0. The lowest BCUT2D eigenvalue weighted by atomic mass is 10.1. The molecule has 0 aliphatic rings. The van der Waals surface area contributed by atoms with Gasteiger partial charge in [-0.3, -0.25) is 14.9 Å². The molecule has 0 aliphatic heterocycles. The summed E-state index contributed by atoms with van der Waals surface area (Å²) < 4.78 is 0. The second-order valence-corrected chi connectivity index (χ2v) is 7.24. The lowest BCUT2D eigenvalue weighted by molar-refractivity contribution is -0.383. The summed E-state index contributed by atoms with van der Waals surface area (Å²) >= 11 is 7.33. The van der Waals surface area contributed by atoms with E-state index in [1.165, 1.54) is 6.07 Å². The fourth-order valence-corrected chi connectivity index (χ4v) is 3.42. The van der Waals surface area contributed by atoms with Crippen LogP contribution in [0.4, 0.5) is 11.4 Å². The molecule has 3 rings (SSSR count). The number of anilines is 1. The number of nitrogens with zero attached hydrogens (tertiary/aromatic N) is 3. The number of nitro benzene ring substituents is 1. The summed E-state index contributed by atoms with van der Waals surface area (Å²) in [5, 5.41) is 25.3. The average molecular weight is 430 g/mol. The molecule has 0 atom stereocenters. The van der Waals surface area contributed by atoms with Crippen LogP contribution in [-0.4, -0.2) is 28.1 Å². The van der Waals surface area contributed by atoms with Gasteiger partial charge in [-0.25, -0.2) is 0 Å². The van der Waals surface area contributed by atoms with Crippen molar-refractivity contribution < 1.29 is 9.72 Å². The first-order chi connectivity index (χ1) is 14.0. The molecule has 10 heteroatoms. The zero-order valence-corrected chi connectivity index (χ0v) is 16.8. The largest absolute Gasteiger partial charge is 0.383 e. The Balaban J connectivity index is 1.73. The minimum absolute atomic E-state index is 0.0658. The van der Waals surface area contributed by atoms with Gasteiger partial charge >= 0.3 is 0 Å². The van der Waals surface area contributed by atoms with Crippen LogP contribution in [0.1, 0.15) is 25.9 Å². The second kappa shape index (κ2) is 9.26. The van der Waals surface area contributed by atoms with E-state index in [1.54, 1.807) is 25.3 Å². The standard InChI is InChI=1S/C19H16ClN5O3S/c1-21-15-8-7-13(10-16(15)25(27)28)9-14(20)18-23-24-19(29-18)17(26)22-11-12-5-3-2-4-6-12/h2-10,21H,11H2,1H3,(H,22,26)/b14-9-. The average Bonchev–Trinajstić information content (AvgIpc) is 3.23. The van der Waals surface area contributed by atoms with Crippen LogP contribution in [0.15, 0.2) is 48.5 Å². The Morgan fingerprint density at radius 2 is 1.93 bits per heavy atom. The fourth-order valence-electron chi connectivity index (χ4n) is 2.47. The minimum atomic E-state index is -0.475. The molecular formula is C19H16ClN5O3S. The molecule has 1 amide bonds. The lowest BCUT2D eigenvalue weighted by Gasteiger charge is -2.03. The molecule has 2 aromatic carbocycles. The van der Waals surface area contributed by atoms with Gasteiger partial charge in [-0.05, 0) is 23.3 Å². The van der Waals surface area contributed by atoms with Crippen molar-refractivity contribution in [3.8, 4) is 0 Å². The molecule has 2 N–H and O–H groups in total. The van der Waals surface area contributed by atoms with Gasteiger partial charge < -0.3 is 10.6 Å². The van der Waals surface area contributed by atoms with Crippen molar-refractivity contribution in [2.45, 2.75) is 6.54 Å². The number of benzene rings is 2. The highest BCUT2D eigenvalue weighted by Crippen LogP contribution is 2.29. The number of nitro groups is 1. The summed E-state index contributed by atoms with van der Waals surface area (Å²) in [6.45, 7) is 0.375. The Morgan fingerprint density at radius 1 is 1.21 bits per heavy atom. The third kappa shape index (κ3) is 5.15. The maximum Gasteiger partial charge on any atom is 0.292 e. The van der Waals surface area contributed by atoms with E-state index >= 15 is 0 Å². The Morgan fingerprint density at radius 3 is 2.62 bits per heavy atom. The topological polar surface area (TPSA) is 110 Å². The molecule has 29 heavy (non-hydrogen) atoms. The lowest BCUT2D eigenvalue weighted by Crippen LogP contribution is -2.22. The van der Waals surface area contributed by atoms with Crippen molar-refractivity contribution in [1.29, 1.82) is 0 Å². The van der Waals surface area contributed by atoms with E-state index in [9.17, 15) is 14.9 Å². The van der Waals surface area contributed by atoms with Gasteiger partial charge in [0.15, 0.2) is 5.01 Å². The van der Waals surface area contributed by atoms with Crippen molar-refractivity contribution in [2.75, 3.05) is 12.4 Å². The van der Waals surface area contributed by atoms with Crippen LogP contribution in [0.25, 0.3) is 11.1 Å². The van der Waals surface area contributed by atoms with Gasteiger partial charge in [-0.1, -0.05) is 59.3 Å². The van der Waals surface area contributed by atoms with E-state index in [0.29, 0.717) is 22.8 Å². The van der Waals surface area contributed by atoms with E-state index < -0.39 is 4.92 Å². The first kappa shape index (κ1) is 20.4. The first-order valence-electron chi connectivity index (χ1n) is 8.47. The van der Waals surface area contributed by atoms with Crippen molar-refractivity contribution in [1.82, 2.24) is 15.5 Å². The Bertz CT molecular complexity index is 1070. The highest BCUT2D eigenvalue weighted by atomic mass is 35.5. The molecule has 0 unspecified atom stereocenters. The zero-order chi connectivity index (χ0) is 20.8. The number of hydrogen-bond acceptors (Lipinski definition) is 7. The number of nitrogens with one attached hydrogen (secondary N) is 2. The number of aromatic nitrogens is 2. The van der Waals surface area contributed by atoms with Crippen molar-refractivity contribution in [3.63, 3.8) is 0 Å². The zero-order valence-electron chi connectivity index (χ0n) is 15.3. The van der Waals surface area contributed by atoms with Crippen molar-refractivity contribution >= 4 is 51.3 Å². The molecule has 0 fully saturated rings. The number of amides is 1. The van der Waals surface area contributed by atoms with E-state index in [0.717, 1.165) is 16.9 Å². The maximum atomic E-state index is 12.3. The smallest absolute Gasteiger partial charge is 0.292 e. The third-order valence-electron chi connectivity index (χ3n) is 3.90. The van der Waals surface area contributed by atoms with Crippen molar-refractivity contribution in [2.24, 2.45) is 0 Å². The van der Waals surface area contributed by atoms with Crippen LogP contribution in [0.2, 0.25) is 0 Å². The molecule has 3 aromatic rings. The van der Waals surface area contributed by atoms with Gasteiger partial charge in [0.05, 0.1) is 9.96 Å². The molecule has 8 nitrogen and oxygen atoms in total. The minimum Gasteiger partial charge on any atom is -0.383 e. The molecule has 0 saturated carbocycles. The van der Waals surface area contributed by atoms with Gasteiger partial charge in [-0.2, -0.15) is 0 Å². The number of carbonyl (C=O) groups is 1. The van der Waals surface area contributed by atoms with E-state index in [2.05, 4.69) is 20.8 Å². The van der Waals surface area contributed by atoms with Crippen LogP contribution < -0.4 is 10.6 Å². The van der Waals surface area contributed by atoms with Gasteiger partial charge in [-0.15, -0.1) is 10.2 Å². The molecule has 0 bridgehead atoms. The second-order valence-electron chi connectivity index (χ2n) is 5.86. The molecule has 1 heterocycles. The van der Waals surface area contributed by atoms with Crippen molar-refractivity contribution in [3.05, 3.63) is 79.8 Å². The summed E-state index contributed by atoms with van der Waals surface area (Å²) in [7, 11) is 1.61. The summed E-state index contributed by atoms with van der Waals surface area (Å²) in [6.07, 6.45) is 1.54. The molecular weight excluding hydrogens is 414 g/mol. The Labute approximate surface area is 175 Å². The normalized spacial score (nSPS) is 11.2. The Hall–Kier alpha value is -3.30. The Kier molecular flexibility index (Phi) is 6.53. The van der Waals surface area contributed by atoms with Gasteiger partial charge in [0.1, 0.15) is 5.69 Å². The molecule has 0 spiro atoms. The van der Waals surface area contributed by atoms with Gasteiger partial charge in [0, 0.05) is 19.7 Å². The molecule has 1 aromatic heterocycles. The highest BCUT2D eigenvalue weighted by molar-refractivity contribution is 7.15. The van der Waals surface area contributed by atoms with Crippen LogP contribution in [-0.2, 0) is 6.54 Å². The number of carbonyl (C=O) groups excluding carboxylic acids is 1. The predicted octanol–water partition coefficient (Wildman–Crippen LogP) is 4.15. The van der Waals surface area contributed by atoms with Crippen LogP contribution in [0.5, 0.6) is 0 Å². The van der Waals surface area contributed by atoms with E-state index in [1.807, 2.05) is 30.3 Å². The van der Waals surface area contributed by atoms with E-state index in [-0.39, 0.29) is 21.6 Å². The number of halogens is 1. The van der Waals surface area contributed by atoms with E-state index in [4.69, 9.17) is 11.6 Å². The van der Waals surface area contributed by atoms with Gasteiger partial charge in [0.25, 0.3) is 11.6 Å². The van der Waals surface area contributed by atoms with Crippen LogP contribution in [0.3, 0.4) is 0 Å². The third-order valence-corrected chi connectivity index (χ3v) is 5.26. The first-order valence-corrected chi connectivity index (χ1v) is 9.66. The summed E-state index contributed by atoms with van der Waals surface area (Å²) in [5.74, 6) is -0.351. The van der Waals surface area contributed by atoms with Crippen LogP contribution in [0, 0.1) is 10.1 Å². The fraction of sp³-hybridized carbons (Fsp3) is 0.105. The molecule has 0 radical (unpaired) electrons. The molecule has 0 saturated heterocycles. The monoisotopic (exact) mass is 429 g/mol. The molecule has 148 valence electrons. The quantitative estimate of drug-likeness (QED) is 0.431. The SMILES string of the molecule is CNc1ccc(/C=C(\Cl)c2nnc(C(=O)NCc3ccccc3)s2)cc1[N+](=O)[O-]. The summed E-state index contributed by atoms with van der Waals surface area (Å²) in [6, 6.07) is 14.2. The highest BCUT2D eigenvalue weighted by Gasteiger charge is 2.16. The number of hydrogen-bond donors (Lipinski definition) is 2. The maximum absolute atomic E-state index is 12.3. The van der Waals surface area contributed by atoms with Gasteiger partial charge in [0.2, 0.25) is 5.01 Å². The molecule has 0 aliphatic carbocycles. The predicted molar refractivity (Wildman–Crippen MR) is 114 cm³/mol. The summed E-state index contributed by atoms with van der Waals surface area (Å²) in [5.41, 5.74) is 1.83. The van der Waals surface area contributed by atoms with Crippen LogP contribution >= 0.6 is 22.9 Å². The number of rotatable bonds is 7.